The minimum Gasteiger partial charge on any atom is -0.283 e. The number of non-ortho nitro benzene ring substituents is 1. The van der Waals surface area contributed by atoms with Crippen LogP contribution in [0.2, 0.25) is 0 Å². The number of imide groups is 2. The van der Waals surface area contributed by atoms with Crippen molar-refractivity contribution in [2.24, 2.45) is 5.92 Å². The van der Waals surface area contributed by atoms with Crippen LogP contribution in [0.25, 0.3) is 0 Å². The van der Waals surface area contributed by atoms with Gasteiger partial charge in [0.15, 0.2) is 0 Å². The molecular formula is C15H11N3O6. The summed E-state index contributed by atoms with van der Waals surface area (Å²) in [6.07, 6.45) is 0.227. The lowest BCUT2D eigenvalue weighted by molar-refractivity contribution is -0.384. The molecule has 4 aliphatic rings. The van der Waals surface area contributed by atoms with Gasteiger partial charge in [0.2, 0.25) is 5.91 Å². The molecule has 24 heavy (non-hydrogen) atoms. The molecular weight excluding hydrogens is 318 g/mol. The van der Waals surface area contributed by atoms with E-state index in [4.69, 9.17) is 0 Å². The Morgan fingerprint density at radius 3 is 2.38 bits per heavy atom. The van der Waals surface area contributed by atoms with Crippen LogP contribution in [0.5, 0.6) is 0 Å². The van der Waals surface area contributed by atoms with E-state index in [0.29, 0.717) is 0 Å². The third-order valence-electron chi connectivity index (χ3n) is 5.06. The molecule has 0 radical (unpaired) electrons. The van der Waals surface area contributed by atoms with Crippen LogP contribution in [0.1, 0.15) is 33.6 Å². The van der Waals surface area contributed by atoms with Crippen molar-refractivity contribution < 1.29 is 24.1 Å². The van der Waals surface area contributed by atoms with Gasteiger partial charge in [-0.3, -0.25) is 39.1 Å². The molecule has 2 bridgehead atoms. The summed E-state index contributed by atoms with van der Waals surface area (Å²) in [5, 5.41) is 10.9. The number of carbonyl (C=O) groups excluding carboxylic acids is 4. The van der Waals surface area contributed by atoms with Gasteiger partial charge in [-0.1, -0.05) is 0 Å². The van der Waals surface area contributed by atoms with E-state index in [9.17, 15) is 29.3 Å². The SMILES string of the molecule is CN1C(=O)C2CC(N3C(=O)c4ccc([N+](=O)[O-])cc4C3=O)(C2)C1=O. The topological polar surface area (TPSA) is 118 Å². The average molecular weight is 329 g/mol. The van der Waals surface area contributed by atoms with Crippen LogP contribution >= 0.6 is 0 Å². The van der Waals surface area contributed by atoms with E-state index in [1.807, 2.05) is 0 Å². The second-order valence-electron chi connectivity index (χ2n) is 6.27. The molecule has 1 aromatic carbocycles. The first-order valence-electron chi connectivity index (χ1n) is 7.27. The van der Waals surface area contributed by atoms with Gasteiger partial charge in [0.05, 0.1) is 16.1 Å². The Bertz CT molecular complexity index is 870. The van der Waals surface area contributed by atoms with Gasteiger partial charge >= 0.3 is 0 Å². The van der Waals surface area contributed by atoms with E-state index in [0.717, 1.165) is 21.9 Å². The average Bonchev–Trinajstić information content (AvgIpc) is 2.76. The van der Waals surface area contributed by atoms with Crippen molar-refractivity contribution in [2.75, 3.05) is 7.05 Å². The Balaban J connectivity index is 1.78. The molecule has 2 saturated heterocycles. The molecule has 122 valence electrons. The first-order valence-corrected chi connectivity index (χ1v) is 7.27. The Morgan fingerprint density at radius 2 is 1.75 bits per heavy atom. The summed E-state index contributed by atoms with van der Waals surface area (Å²) < 4.78 is 0. The van der Waals surface area contributed by atoms with Crippen LogP contribution in [-0.2, 0) is 9.59 Å². The van der Waals surface area contributed by atoms with Crippen molar-refractivity contribution in [3.63, 3.8) is 0 Å². The number of piperidine rings is 2. The second kappa shape index (κ2) is 4.25. The summed E-state index contributed by atoms with van der Waals surface area (Å²) in [6, 6.07) is 3.42. The summed E-state index contributed by atoms with van der Waals surface area (Å²) in [5.74, 6) is -2.66. The van der Waals surface area contributed by atoms with Crippen LogP contribution < -0.4 is 0 Å². The number of rotatable bonds is 2. The van der Waals surface area contributed by atoms with Crippen molar-refractivity contribution >= 4 is 29.3 Å². The number of fused-ring (bicyclic) bond motifs is 3. The lowest BCUT2D eigenvalue weighted by Crippen LogP contribution is -2.74. The zero-order chi connectivity index (χ0) is 17.4. The molecule has 3 fully saturated rings. The summed E-state index contributed by atoms with van der Waals surface area (Å²) in [6.45, 7) is 0. The first-order chi connectivity index (χ1) is 11.3. The molecule has 1 saturated carbocycles. The number of amides is 4. The number of nitrogens with zero attached hydrogens (tertiary/aromatic N) is 3. The van der Waals surface area contributed by atoms with Crippen molar-refractivity contribution in [1.29, 1.82) is 0 Å². The molecule has 3 aliphatic heterocycles. The Hall–Kier alpha value is -3.10. The van der Waals surface area contributed by atoms with Crippen LogP contribution in [-0.4, -0.2) is 50.9 Å². The number of hydrogen-bond acceptors (Lipinski definition) is 6. The van der Waals surface area contributed by atoms with E-state index in [1.54, 1.807) is 0 Å². The quantitative estimate of drug-likeness (QED) is 0.438. The van der Waals surface area contributed by atoms with E-state index >= 15 is 0 Å². The van der Waals surface area contributed by atoms with E-state index in [-0.39, 0.29) is 41.5 Å². The van der Waals surface area contributed by atoms with E-state index in [2.05, 4.69) is 0 Å². The van der Waals surface area contributed by atoms with Crippen molar-refractivity contribution in [2.45, 2.75) is 18.4 Å². The Morgan fingerprint density at radius 1 is 1.12 bits per heavy atom. The highest BCUT2D eigenvalue weighted by molar-refractivity contribution is 6.25. The molecule has 0 spiro atoms. The molecule has 0 aromatic heterocycles. The van der Waals surface area contributed by atoms with Gasteiger partial charge in [-0.05, 0) is 18.9 Å². The van der Waals surface area contributed by atoms with Crippen LogP contribution in [0.3, 0.4) is 0 Å². The third kappa shape index (κ3) is 1.48. The minimum atomic E-state index is -1.35. The number of nitro groups is 1. The standard InChI is InChI=1S/C15H11N3O6/c1-16-11(19)7-5-15(6-7,14(16)22)17-12(20)9-3-2-8(18(23)24)4-10(9)13(17)21/h2-4,7H,5-6H2,1H3. The second-order valence-corrected chi connectivity index (χ2v) is 6.27. The van der Waals surface area contributed by atoms with Gasteiger partial charge in [0.25, 0.3) is 23.4 Å². The predicted molar refractivity (Wildman–Crippen MR) is 76.8 cm³/mol. The third-order valence-corrected chi connectivity index (χ3v) is 5.06. The van der Waals surface area contributed by atoms with Gasteiger partial charge in [0, 0.05) is 25.1 Å². The zero-order valence-corrected chi connectivity index (χ0v) is 12.5. The summed E-state index contributed by atoms with van der Waals surface area (Å²) in [4.78, 5) is 61.8. The minimum absolute atomic E-state index is 0.0378. The number of carbonyl (C=O) groups is 4. The highest BCUT2D eigenvalue weighted by atomic mass is 16.6. The van der Waals surface area contributed by atoms with Crippen molar-refractivity contribution in [3.8, 4) is 0 Å². The monoisotopic (exact) mass is 329 g/mol. The number of hydrogen-bond donors (Lipinski definition) is 0. The molecule has 3 heterocycles. The van der Waals surface area contributed by atoms with Crippen molar-refractivity contribution in [1.82, 2.24) is 9.80 Å². The van der Waals surface area contributed by atoms with Gasteiger partial charge in [-0.25, -0.2) is 0 Å². The fraction of sp³-hybridized carbons (Fsp3) is 0.333. The Labute approximate surface area is 135 Å². The highest BCUT2D eigenvalue weighted by Crippen LogP contribution is 2.50. The van der Waals surface area contributed by atoms with E-state index < -0.39 is 28.2 Å². The zero-order valence-electron chi connectivity index (χ0n) is 12.5. The molecule has 0 unspecified atom stereocenters. The molecule has 9 nitrogen and oxygen atoms in total. The Kier molecular flexibility index (Phi) is 2.57. The predicted octanol–water partition coefficient (Wildman–Crippen LogP) is 0.338. The maximum atomic E-state index is 12.7. The summed E-state index contributed by atoms with van der Waals surface area (Å²) in [7, 11) is 1.33. The fourth-order valence-electron chi connectivity index (χ4n) is 3.80. The maximum absolute atomic E-state index is 12.7. The maximum Gasteiger partial charge on any atom is 0.270 e. The van der Waals surface area contributed by atoms with Crippen molar-refractivity contribution in [3.05, 3.63) is 39.4 Å². The van der Waals surface area contributed by atoms with Gasteiger partial charge in [-0.2, -0.15) is 0 Å². The van der Waals surface area contributed by atoms with E-state index in [1.165, 1.54) is 13.1 Å². The number of benzene rings is 1. The molecule has 5 rings (SSSR count). The smallest absolute Gasteiger partial charge is 0.270 e. The molecule has 0 atom stereocenters. The molecule has 4 amide bonds. The largest absolute Gasteiger partial charge is 0.283 e. The molecule has 9 heteroatoms. The highest BCUT2D eigenvalue weighted by Gasteiger charge is 2.66. The molecule has 0 N–H and O–H groups in total. The lowest BCUT2D eigenvalue weighted by atomic mass is 9.62. The molecule has 1 aliphatic carbocycles. The van der Waals surface area contributed by atoms with Crippen LogP contribution in [0, 0.1) is 16.0 Å². The fourth-order valence-corrected chi connectivity index (χ4v) is 3.80. The van der Waals surface area contributed by atoms with Crippen LogP contribution in [0.15, 0.2) is 18.2 Å². The summed E-state index contributed by atoms with van der Waals surface area (Å²) in [5.41, 5.74) is -1.70. The lowest BCUT2D eigenvalue weighted by Gasteiger charge is -2.55. The van der Waals surface area contributed by atoms with Gasteiger partial charge < -0.3 is 0 Å². The first kappa shape index (κ1) is 14.5. The molecule has 1 aromatic rings. The number of likely N-dealkylation sites (N-methyl/N-ethyl adjacent to an activating group) is 1. The van der Waals surface area contributed by atoms with Gasteiger partial charge in [0.1, 0.15) is 5.54 Å². The van der Waals surface area contributed by atoms with Gasteiger partial charge in [-0.15, -0.1) is 0 Å². The van der Waals surface area contributed by atoms with Crippen LogP contribution in [0.4, 0.5) is 5.69 Å². The summed E-state index contributed by atoms with van der Waals surface area (Å²) >= 11 is 0. The number of nitro benzene ring substituents is 1. The normalized spacial score (nSPS) is 28.1.